The van der Waals surface area contributed by atoms with E-state index in [0.29, 0.717) is 10.7 Å². The van der Waals surface area contributed by atoms with Crippen LogP contribution in [0.3, 0.4) is 0 Å². The number of thiophene rings is 1. The zero-order valence-electron chi connectivity index (χ0n) is 12.3. The number of rotatable bonds is 3. The predicted octanol–water partition coefficient (Wildman–Crippen LogP) is 4.54. The molecule has 0 amide bonds. The van der Waals surface area contributed by atoms with Crippen LogP contribution in [0.4, 0.5) is 4.39 Å². The third kappa shape index (κ3) is 2.44. The van der Waals surface area contributed by atoms with E-state index in [1.165, 1.54) is 21.9 Å². The lowest BCUT2D eigenvalue weighted by atomic mass is 10.1. The normalized spacial score (nSPS) is 11.2. The SMILES string of the molecule is O=c1cc(CF)nc2c(-c3cccs3)c(-c3ccc(Cl)cc3)[nH]n12. The van der Waals surface area contributed by atoms with E-state index in [0.717, 1.165) is 21.7 Å². The lowest BCUT2D eigenvalue weighted by Crippen LogP contribution is -2.15. The molecular weight excluding hydrogens is 349 g/mol. The Morgan fingerprint density at radius 1 is 1.25 bits per heavy atom. The maximum absolute atomic E-state index is 13.0. The van der Waals surface area contributed by atoms with Crippen LogP contribution < -0.4 is 5.56 Å². The quantitative estimate of drug-likeness (QED) is 0.583. The predicted molar refractivity (Wildman–Crippen MR) is 94.4 cm³/mol. The van der Waals surface area contributed by atoms with Gasteiger partial charge in [-0.05, 0) is 23.6 Å². The summed E-state index contributed by atoms with van der Waals surface area (Å²) in [5, 5.41) is 5.66. The van der Waals surface area contributed by atoms with Gasteiger partial charge in [-0.2, -0.15) is 0 Å². The van der Waals surface area contributed by atoms with Crippen molar-refractivity contribution in [1.82, 2.24) is 14.6 Å². The average molecular weight is 360 g/mol. The van der Waals surface area contributed by atoms with Crippen molar-refractivity contribution in [2.24, 2.45) is 0 Å². The number of fused-ring (bicyclic) bond motifs is 1. The second kappa shape index (κ2) is 5.89. The molecule has 120 valence electrons. The van der Waals surface area contributed by atoms with Crippen molar-refractivity contribution < 1.29 is 4.39 Å². The van der Waals surface area contributed by atoms with Crippen LogP contribution in [0.2, 0.25) is 5.02 Å². The molecule has 4 nitrogen and oxygen atoms in total. The molecule has 0 saturated carbocycles. The fourth-order valence-corrected chi connectivity index (χ4v) is 3.53. The third-order valence-electron chi connectivity index (χ3n) is 3.71. The minimum atomic E-state index is -0.781. The fraction of sp³-hybridized carbons (Fsp3) is 0.0588. The Morgan fingerprint density at radius 2 is 2.04 bits per heavy atom. The molecule has 0 atom stereocenters. The van der Waals surface area contributed by atoms with Gasteiger partial charge in [0.1, 0.15) is 6.67 Å². The molecule has 0 bridgehead atoms. The van der Waals surface area contributed by atoms with Gasteiger partial charge >= 0.3 is 0 Å². The van der Waals surface area contributed by atoms with Crippen LogP contribution in [-0.2, 0) is 6.67 Å². The number of aromatic amines is 1. The molecule has 4 aromatic rings. The maximum atomic E-state index is 13.0. The van der Waals surface area contributed by atoms with Crippen LogP contribution >= 0.6 is 22.9 Å². The molecule has 0 aliphatic rings. The third-order valence-corrected chi connectivity index (χ3v) is 4.85. The van der Waals surface area contributed by atoms with Crippen molar-refractivity contribution in [1.29, 1.82) is 0 Å². The number of hydrogen-bond donors (Lipinski definition) is 1. The zero-order valence-corrected chi connectivity index (χ0v) is 13.9. The Balaban J connectivity index is 2.09. The van der Waals surface area contributed by atoms with Crippen molar-refractivity contribution in [3.63, 3.8) is 0 Å². The highest BCUT2D eigenvalue weighted by atomic mass is 35.5. The van der Waals surface area contributed by atoms with Crippen LogP contribution in [0.25, 0.3) is 27.3 Å². The largest absolute Gasteiger partial charge is 0.288 e. The van der Waals surface area contributed by atoms with Gasteiger partial charge in [-0.15, -0.1) is 11.3 Å². The number of H-pyrrole nitrogens is 1. The molecule has 0 aliphatic carbocycles. The number of aromatic nitrogens is 3. The van der Waals surface area contributed by atoms with E-state index in [1.54, 1.807) is 12.1 Å². The lowest BCUT2D eigenvalue weighted by Gasteiger charge is -2.02. The molecule has 0 saturated heterocycles. The summed E-state index contributed by atoms with van der Waals surface area (Å²) in [6.45, 7) is -0.781. The molecule has 1 N–H and O–H groups in total. The summed E-state index contributed by atoms with van der Waals surface area (Å²) in [6.07, 6.45) is 0. The summed E-state index contributed by atoms with van der Waals surface area (Å²) in [6, 6.07) is 12.4. The van der Waals surface area contributed by atoms with E-state index in [4.69, 9.17) is 11.6 Å². The number of hydrogen-bond acceptors (Lipinski definition) is 3. The highest BCUT2D eigenvalue weighted by molar-refractivity contribution is 7.13. The number of halogens is 2. The first-order valence-corrected chi connectivity index (χ1v) is 8.43. The van der Waals surface area contributed by atoms with E-state index >= 15 is 0 Å². The second-order valence-corrected chi connectivity index (χ2v) is 6.61. The molecule has 3 aromatic heterocycles. The molecule has 0 radical (unpaired) electrons. The smallest absolute Gasteiger partial charge is 0.273 e. The summed E-state index contributed by atoms with van der Waals surface area (Å²) < 4.78 is 14.4. The van der Waals surface area contributed by atoms with E-state index in [-0.39, 0.29) is 11.3 Å². The first kappa shape index (κ1) is 15.1. The molecule has 7 heteroatoms. The Morgan fingerprint density at radius 3 is 2.71 bits per heavy atom. The molecule has 0 fully saturated rings. The Bertz CT molecular complexity index is 1070. The molecule has 0 spiro atoms. The van der Waals surface area contributed by atoms with Crippen LogP contribution in [-0.4, -0.2) is 14.6 Å². The van der Waals surface area contributed by atoms with Gasteiger partial charge in [-0.1, -0.05) is 29.8 Å². The van der Waals surface area contributed by atoms with E-state index in [1.807, 2.05) is 29.6 Å². The van der Waals surface area contributed by atoms with Gasteiger partial charge < -0.3 is 0 Å². The minimum absolute atomic E-state index is 0.125. The summed E-state index contributed by atoms with van der Waals surface area (Å²) in [7, 11) is 0. The van der Waals surface area contributed by atoms with Crippen LogP contribution in [0.5, 0.6) is 0 Å². The first-order chi connectivity index (χ1) is 11.7. The molecule has 3 heterocycles. The molecule has 0 aliphatic heterocycles. The van der Waals surface area contributed by atoms with Gasteiger partial charge in [0.15, 0.2) is 5.65 Å². The molecule has 0 unspecified atom stereocenters. The monoisotopic (exact) mass is 359 g/mol. The highest BCUT2D eigenvalue weighted by Gasteiger charge is 2.19. The summed E-state index contributed by atoms with van der Waals surface area (Å²) in [5.74, 6) is 0. The van der Waals surface area contributed by atoms with Crippen molar-refractivity contribution in [3.05, 3.63) is 68.9 Å². The summed E-state index contributed by atoms with van der Waals surface area (Å²) >= 11 is 7.50. The standard InChI is InChI=1S/C17H11ClFN3OS/c18-11-5-3-10(4-6-11)16-15(13-2-1-7-24-13)17-20-12(9-19)8-14(23)22(17)21-16/h1-8,21H,9H2. The number of alkyl halides is 1. The maximum Gasteiger partial charge on any atom is 0.273 e. The van der Waals surface area contributed by atoms with Crippen LogP contribution in [0.15, 0.2) is 52.6 Å². The highest BCUT2D eigenvalue weighted by Crippen LogP contribution is 2.36. The van der Waals surface area contributed by atoms with E-state index < -0.39 is 6.67 Å². The van der Waals surface area contributed by atoms with E-state index in [9.17, 15) is 9.18 Å². The van der Waals surface area contributed by atoms with Gasteiger partial charge in [0.2, 0.25) is 0 Å². The topological polar surface area (TPSA) is 50.2 Å². The summed E-state index contributed by atoms with van der Waals surface area (Å²) in [4.78, 5) is 17.5. The van der Waals surface area contributed by atoms with Crippen LogP contribution in [0, 0.1) is 0 Å². The number of benzene rings is 1. The van der Waals surface area contributed by atoms with Gasteiger partial charge in [0.25, 0.3) is 5.56 Å². The molecule has 24 heavy (non-hydrogen) atoms. The van der Waals surface area contributed by atoms with Gasteiger partial charge in [0, 0.05) is 21.5 Å². The van der Waals surface area contributed by atoms with E-state index in [2.05, 4.69) is 10.1 Å². The lowest BCUT2D eigenvalue weighted by molar-refractivity contribution is 0.475. The van der Waals surface area contributed by atoms with Crippen molar-refractivity contribution in [3.8, 4) is 21.7 Å². The Labute approximate surface area is 145 Å². The van der Waals surface area contributed by atoms with Crippen molar-refractivity contribution >= 4 is 28.6 Å². The zero-order chi connectivity index (χ0) is 16.7. The number of nitrogens with zero attached hydrogens (tertiary/aromatic N) is 2. The van der Waals surface area contributed by atoms with Crippen molar-refractivity contribution in [2.45, 2.75) is 6.67 Å². The Kier molecular flexibility index (Phi) is 3.70. The molecule has 4 rings (SSSR count). The first-order valence-electron chi connectivity index (χ1n) is 7.18. The van der Waals surface area contributed by atoms with Gasteiger partial charge in [-0.25, -0.2) is 13.9 Å². The van der Waals surface area contributed by atoms with Gasteiger partial charge in [-0.3, -0.25) is 9.89 Å². The number of nitrogens with one attached hydrogen (secondary N) is 1. The summed E-state index contributed by atoms with van der Waals surface area (Å²) in [5.41, 5.74) is 2.59. The van der Waals surface area contributed by atoms with Gasteiger partial charge in [0.05, 0.1) is 17.0 Å². The fourth-order valence-electron chi connectivity index (χ4n) is 2.63. The Hall–Kier alpha value is -2.44. The van der Waals surface area contributed by atoms with Crippen molar-refractivity contribution in [2.75, 3.05) is 0 Å². The van der Waals surface area contributed by atoms with Crippen LogP contribution in [0.1, 0.15) is 5.69 Å². The molecule has 1 aromatic carbocycles. The second-order valence-electron chi connectivity index (χ2n) is 5.22. The average Bonchev–Trinajstić information content (AvgIpc) is 3.22. The molecular formula is C17H11ClFN3OS. The minimum Gasteiger partial charge on any atom is -0.288 e.